The molecule has 1 atom stereocenters. The molecule has 3 N–H and O–H groups in total. The molecule has 0 aliphatic heterocycles. The molecule has 94 valence electrons. The van der Waals surface area contributed by atoms with Crippen LogP contribution >= 0.6 is 0 Å². The quantitative estimate of drug-likeness (QED) is 0.726. The van der Waals surface area contributed by atoms with Crippen LogP contribution in [0.15, 0.2) is 18.2 Å². The van der Waals surface area contributed by atoms with E-state index in [4.69, 9.17) is 9.47 Å². The van der Waals surface area contributed by atoms with Gasteiger partial charge in [0.25, 0.3) is 0 Å². The van der Waals surface area contributed by atoms with Crippen molar-refractivity contribution in [1.29, 1.82) is 0 Å². The smallest absolute Gasteiger partial charge is 0.131 e. The monoisotopic (exact) mass is 239 g/mol. The van der Waals surface area contributed by atoms with Crippen LogP contribution in [0.2, 0.25) is 0 Å². The van der Waals surface area contributed by atoms with Crippen LogP contribution in [0.3, 0.4) is 0 Å². The Labute approximate surface area is 100 Å². The molecule has 0 saturated heterocycles. The van der Waals surface area contributed by atoms with E-state index in [-0.39, 0.29) is 12.5 Å². The third kappa shape index (κ3) is 3.64. The molecule has 5 nitrogen and oxygen atoms in total. The Morgan fingerprint density at radius 1 is 1.41 bits per heavy atom. The summed E-state index contributed by atoms with van der Waals surface area (Å²) in [5.74, 6) is 0.284. The lowest BCUT2D eigenvalue weighted by Crippen LogP contribution is -2.53. The molecule has 0 amide bonds. The lowest BCUT2D eigenvalue weighted by Gasteiger charge is -2.14. The second-order valence-corrected chi connectivity index (χ2v) is 3.72. The van der Waals surface area contributed by atoms with Crippen LogP contribution in [-0.4, -0.2) is 20.2 Å². The zero-order valence-corrected chi connectivity index (χ0v) is 10.1. The highest BCUT2D eigenvalue weighted by Crippen LogP contribution is 2.29. The van der Waals surface area contributed by atoms with E-state index in [1.54, 1.807) is 26.4 Å². The molecule has 0 fully saturated rings. The zero-order valence-electron chi connectivity index (χ0n) is 10.1. The van der Waals surface area contributed by atoms with Crippen molar-refractivity contribution in [3.05, 3.63) is 23.8 Å². The summed E-state index contributed by atoms with van der Waals surface area (Å²) in [6, 6.07) is 5.25. The number of hydrogen-bond donors (Lipinski definition) is 1. The van der Waals surface area contributed by atoms with Gasteiger partial charge in [-0.25, -0.2) is 0 Å². The van der Waals surface area contributed by atoms with Gasteiger partial charge >= 0.3 is 0 Å². The number of ether oxygens (including phenoxy) is 2. The van der Waals surface area contributed by atoms with E-state index in [0.29, 0.717) is 17.9 Å². The molecular weight excluding hydrogens is 222 g/mol. The van der Waals surface area contributed by atoms with E-state index < -0.39 is 5.97 Å². The van der Waals surface area contributed by atoms with Gasteiger partial charge in [-0.05, 0) is 18.6 Å². The van der Waals surface area contributed by atoms with E-state index in [1.807, 2.05) is 6.07 Å². The summed E-state index contributed by atoms with van der Waals surface area (Å²) in [4.78, 5) is 10.4. The van der Waals surface area contributed by atoms with E-state index in [1.165, 1.54) is 0 Å². The standard InChI is InChI=1S/C12H17NO4/c1-16-8-3-4-9(11(7-8)17-2)10(13)5-6-12(14)15/h3-4,7,10H,5-6,13H2,1-2H3,(H,14,15)/t10-/m0/s1. The molecule has 0 radical (unpaired) electrons. The van der Waals surface area contributed by atoms with Crippen molar-refractivity contribution in [3.63, 3.8) is 0 Å². The van der Waals surface area contributed by atoms with Crippen LogP contribution in [0.25, 0.3) is 0 Å². The van der Waals surface area contributed by atoms with Gasteiger partial charge in [-0.15, -0.1) is 0 Å². The summed E-state index contributed by atoms with van der Waals surface area (Å²) in [7, 11) is 3.13. The molecule has 0 spiro atoms. The summed E-state index contributed by atoms with van der Waals surface area (Å²) < 4.78 is 10.3. The number of carbonyl (C=O) groups excluding carboxylic acids is 1. The molecule has 0 heterocycles. The van der Waals surface area contributed by atoms with Gasteiger partial charge in [-0.1, -0.05) is 0 Å². The number of benzene rings is 1. The average molecular weight is 239 g/mol. The predicted molar refractivity (Wildman–Crippen MR) is 59.4 cm³/mol. The lowest BCUT2D eigenvalue weighted by atomic mass is 10.0. The van der Waals surface area contributed by atoms with Gasteiger partial charge < -0.3 is 25.1 Å². The first-order valence-corrected chi connectivity index (χ1v) is 5.33. The van der Waals surface area contributed by atoms with Gasteiger partial charge in [0.2, 0.25) is 0 Å². The fraction of sp³-hybridized carbons (Fsp3) is 0.417. The molecule has 1 aromatic carbocycles. The first kappa shape index (κ1) is 13.3. The van der Waals surface area contributed by atoms with Crippen molar-refractivity contribution in [3.8, 4) is 11.5 Å². The van der Waals surface area contributed by atoms with Gasteiger partial charge in [-0.3, -0.25) is 0 Å². The van der Waals surface area contributed by atoms with Gasteiger partial charge in [0, 0.05) is 18.5 Å². The van der Waals surface area contributed by atoms with Crippen LogP contribution in [-0.2, 0) is 4.79 Å². The van der Waals surface area contributed by atoms with Crippen LogP contribution < -0.4 is 20.3 Å². The molecule has 0 unspecified atom stereocenters. The summed E-state index contributed by atoms with van der Waals surface area (Å²) in [5, 5.41) is 10.4. The number of carboxylic acids is 1. The molecule has 0 aliphatic carbocycles. The Morgan fingerprint density at radius 2 is 2.12 bits per heavy atom. The van der Waals surface area contributed by atoms with Crippen molar-refractivity contribution in [2.24, 2.45) is 0 Å². The first-order chi connectivity index (χ1) is 8.08. The SMILES string of the molecule is COc1ccc([C@@H]([NH3+])CCC(=O)[O-])c(OC)c1. The minimum atomic E-state index is -1.06. The van der Waals surface area contributed by atoms with E-state index >= 15 is 0 Å². The van der Waals surface area contributed by atoms with Crippen molar-refractivity contribution >= 4 is 5.97 Å². The number of aliphatic carboxylic acids is 1. The second kappa shape index (κ2) is 6.10. The Hall–Kier alpha value is -1.75. The summed E-state index contributed by atoms with van der Waals surface area (Å²) in [6.07, 6.45) is 0.411. The number of carboxylic acid groups (broad SMARTS) is 1. The molecule has 0 saturated carbocycles. The van der Waals surface area contributed by atoms with Gasteiger partial charge in [0.1, 0.15) is 17.5 Å². The average Bonchev–Trinajstić information content (AvgIpc) is 2.34. The number of hydrogen-bond acceptors (Lipinski definition) is 4. The molecule has 0 aliphatic rings. The second-order valence-electron chi connectivity index (χ2n) is 3.72. The number of carbonyl (C=O) groups is 1. The highest BCUT2D eigenvalue weighted by molar-refractivity contribution is 5.64. The minimum Gasteiger partial charge on any atom is -0.550 e. The van der Waals surface area contributed by atoms with Crippen molar-refractivity contribution in [1.82, 2.24) is 0 Å². The van der Waals surface area contributed by atoms with Crippen LogP contribution in [0.1, 0.15) is 24.4 Å². The highest BCUT2D eigenvalue weighted by Gasteiger charge is 2.15. The maximum Gasteiger partial charge on any atom is 0.131 e. The van der Waals surface area contributed by atoms with E-state index in [0.717, 1.165) is 5.56 Å². The van der Waals surface area contributed by atoms with E-state index in [2.05, 4.69) is 5.73 Å². The van der Waals surface area contributed by atoms with Gasteiger partial charge in [0.05, 0.1) is 19.8 Å². The topological polar surface area (TPSA) is 86.2 Å². The third-order valence-electron chi connectivity index (χ3n) is 2.58. The predicted octanol–water partition coefficient (Wildman–Crippen LogP) is -0.483. The summed E-state index contributed by atoms with van der Waals surface area (Å²) >= 11 is 0. The third-order valence-corrected chi connectivity index (χ3v) is 2.58. The van der Waals surface area contributed by atoms with Crippen LogP contribution in [0, 0.1) is 0 Å². The van der Waals surface area contributed by atoms with E-state index in [9.17, 15) is 9.90 Å². The number of methoxy groups -OCH3 is 2. The van der Waals surface area contributed by atoms with Crippen molar-refractivity contribution in [2.75, 3.05) is 14.2 Å². The molecule has 5 heteroatoms. The molecule has 0 aromatic heterocycles. The normalized spacial score (nSPS) is 11.9. The molecule has 1 aromatic rings. The minimum absolute atomic E-state index is 0.0106. The fourth-order valence-electron chi connectivity index (χ4n) is 1.60. The van der Waals surface area contributed by atoms with Crippen LogP contribution in [0.4, 0.5) is 0 Å². The van der Waals surface area contributed by atoms with Crippen molar-refractivity contribution < 1.29 is 25.1 Å². The number of quaternary nitrogens is 1. The maximum absolute atomic E-state index is 10.4. The van der Waals surface area contributed by atoms with Crippen molar-refractivity contribution in [2.45, 2.75) is 18.9 Å². The molecular formula is C12H17NO4. The fourth-order valence-corrected chi connectivity index (χ4v) is 1.60. The lowest BCUT2D eigenvalue weighted by molar-refractivity contribution is -0.429. The van der Waals surface area contributed by atoms with Gasteiger partial charge in [0.15, 0.2) is 0 Å². The van der Waals surface area contributed by atoms with Crippen LogP contribution in [0.5, 0.6) is 11.5 Å². The first-order valence-electron chi connectivity index (χ1n) is 5.33. The zero-order chi connectivity index (χ0) is 12.8. The Bertz CT molecular complexity index is 392. The highest BCUT2D eigenvalue weighted by atomic mass is 16.5. The molecule has 1 rings (SSSR count). The Kier molecular flexibility index (Phi) is 4.78. The Balaban J connectivity index is 2.84. The van der Waals surface area contributed by atoms with Gasteiger partial charge in [-0.2, -0.15) is 0 Å². The molecule has 0 bridgehead atoms. The maximum atomic E-state index is 10.4. The summed E-state index contributed by atoms with van der Waals surface area (Å²) in [5.41, 5.74) is 4.80. The summed E-state index contributed by atoms with van der Waals surface area (Å²) in [6.45, 7) is 0. The Morgan fingerprint density at radius 3 is 2.65 bits per heavy atom. The number of rotatable bonds is 6. The molecule has 17 heavy (non-hydrogen) atoms. The largest absolute Gasteiger partial charge is 0.550 e.